The van der Waals surface area contributed by atoms with E-state index in [9.17, 15) is 9.59 Å². The summed E-state index contributed by atoms with van der Waals surface area (Å²) in [5.41, 5.74) is 1.83. The van der Waals surface area contributed by atoms with Gasteiger partial charge in [0, 0.05) is 32.2 Å². The molecule has 3 aromatic rings. The third-order valence-corrected chi connectivity index (χ3v) is 3.94. The van der Waals surface area contributed by atoms with Crippen LogP contribution in [0.15, 0.2) is 65.6 Å². The van der Waals surface area contributed by atoms with Gasteiger partial charge in [0.05, 0.1) is 5.52 Å². The highest BCUT2D eigenvalue weighted by atomic mass is 16.2. The minimum atomic E-state index is -0.264. The molecule has 3 rings (SSSR count). The number of rotatable bonds is 3. The SMILES string of the molecule is CN(Cc1ccccc1)C(=O)c1cn(C)c2ccccc2c1=O. The molecule has 0 N–H and O–H groups in total. The van der Waals surface area contributed by atoms with Crippen LogP contribution >= 0.6 is 0 Å². The summed E-state index contributed by atoms with van der Waals surface area (Å²) in [5.74, 6) is -0.264. The van der Waals surface area contributed by atoms with Crippen molar-refractivity contribution in [2.45, 2.75) is 6.54 Å². The lowest BCUT2D eigenvalue weighted by molar-refractivity contribution is 0.0783. The Hall–Kier alpha value is -2.88. The van der Waals surface area contributed by atoms with Crippen LogP contribution in [0.4, 0.5) is 0 Å². The Morgan fingerprint density at radius 1 is 1.04 bits per heavy atom. The summed E-state index contributed by atoms with van der Waals surface area (Å²) in [6.45, 7) is 0.468. The molecule has 0 aliphatic carbocycles. The van der Waals surface area contributed by atoms with Crippen LogP contribution in [0.2, 0.25) is 0 Å². The molecule has 1 amide bonds. The number of carbonyl (C=O) groups excluding carboxylic acids is 1. The molecule has 1 heterocycles. The fourth-order valence-corrected chi connectivity index (χ4v) is 2.73. The van der Waals surface area contributed by atoms with Crippen molar-refractivity contribution < 1.29 is 4.79 Å². The number of fused-ring (bicyclic) bond motifs is 1. The smallest absolute Gasteiger partial charge is 0.259 e. The summed E-state index contributed by atoms with van der Waals surface area (Å²) in [6.07, 6.45) is 1.62. The lowest BCUT2D eigenvalue weighted by atomic mass is 10.1. The highest BCUT2D eigenvalue weighted by molar-refractivity contribution is 5.97. The summed E-state index contributed by atoms with van der Waals surface area (Å²) < 4.78 is 1.82. The molecule has 0 saturated carbocycles. The molecule has 116 valence electrons. The van der Waals surface area contributed by atoms with Crippen LogP contribution in [0.5, 0.6) is 0 Å². The number of benzene rings is 2. The molecule has 0 spiro atoms. The molecule has 23 heavy (non-hydrogen) atoms. The molecule has 4 nitrogen and oxygen atoms in total. The number of carbonyl (C=O) groups is 1. The molecule has 4 heteroatoms. The van der Waals surface area contributed by atoms with Crippen molar-refractivity contribution in [3.63, 3.8) is 0 Å². The zero-order chi connectivity index (χ0) is 16.4. The molecule has 1 aromatic heterocycles. The van der Waals surface area contributed by atoms with Gasteiger partial charge in [-0.1, -0.05) is 42.5 Å². The van der Waals surface area contributed by atoms with Gasteiger partial charge in [0.1, 0.15) is 5.56 Å². The monoisotopic (exact) mass is 306 g/mol. The number of hydrogen-bond acceptors (Lipinski definition) is 2. The Bertz CT molecular complexity index is 914. The molecular formula is C19H18N2O2. The Morgan fingerprint density at radius 3 is 2.43 bits per heavy atom. The van der Waals surface area contributed by atoms with E-state index < -0.39 is 0 Å². The van der Waals surface area contributed by atoms with Gasteiger partial charge in [-0.05, 0) is 17.7 Å². The topological polar surface area (TPSA) is 42.3 Å². The average Bonchev–Trinajstić information content (AvgIpc) is 2.58. The van der Waals surface area contributed by atoms with Crippen molar-refractivity contribution >= 4 is 16.8 Å². The van der Waals surface area contributed by atoms with E-state index in [0.29, 0.717) is 11.9 Å². The van der Waals surface area contributed by atoms with Gasteiger partial charge in [0.2, 0.25) is 5.43 Å². The normalized spacial score (nSPS) is 10.7. The molecule has 0 fully saturated rings. The van der Waals surface area contributed by atoms with Crippen molar-refractivity contribution in [1.29, 1.82) is 0 Å². The van der Waals surface area contributed by atoms with Crippen molar-refractivity contribution in [3.8, 4) is 0 Å². The number of nitrogens with zero attached hydrogens (tertiary/aromatic N) is 2. The second-order valence-electron chi connectivity index (χ2n) is 5.65. The zero-order valence-electron chi connectivity index (χ0n) is 13.2. The number of para-hydroxylation sites is 1. The lowest BCUT2D eigenvalue weighted by Crippen LogP contribution is -2.31. The van der Waals surface area contributed by atoms with Gasteiger partial charge in [0.15, 0.2) is 0 Å². The number of hydrogen-bond donors (Lipinski definition) is 0. The number of amides is 1. The Kier molecular flexibility index (Phi) is 3.98. The molecule has 2 aromatic carbocycles. The quantitative estimate of drug-likeness (QED) is 0.747. The highest BCUT2D eigenvalue weighted by Crippen LogP contribution is 2.12. The van der Waals surface area contributed by atoms with Crippen molar-refractivity contribution in [2.24, 2.45) is 7.05 Å². The van der Waals surface area contributed by atoms with Crippen molar-refractivity contribution in [2.75, 3.05) is 7.05 Å². The fourth-order valence-electron chi connectivity index (χ4n) is 2.73. The second-order valence-corrected chi connectivity index (χ2v) is 5.65. The minimum absolute atomic E-state index is 0.199. The summed E-state index contributed by atoms with van der Waals surface area (Å²) in [6, 6.07) is 17.0. The first kappa shape index (κ1) is 15.0. The maximum absolute atomic E-state index is 12.7. The van der Waals surface area contributed by atoms with E-state index in [0.717, 1.165) is 11.1 Å². The minimum Gasteiger partial charge on any atom is -0.350 e. The predicted octanol–water partition coefficient (Wildman–Crippen LogP) is 2.81. The van der Waals surface area contributed by atoms with Crippen LogP contribution in [0.3, 0.4) is 0 Å². The Morgan fingerprint density at radius 2 is 1.70 bits per heavy atom. The van der Waals surface area contributed by atoms with Crippen molar-refractivity contribution in [3.05, 3.63) is 82.1 Å². The molecule has 0 aliphatic rings. The van der Waals surface area contributed by atoms with Crippen LogP contribution in [0.1, 0.15) is 15.9 Å². The first-order valence-electron chi connectivity index (χ1n) is 7.45. The van der Waals surface area contributed by atoms with Gasteiger partial charge in [-0.3, -0.25) is 9.59 Å². The Balaban J connectivity index is 1.98. The molecular weight excluding hydrogens is 288 g/mol. The van der Waals surface area contributed by atoms with Crippen LogP contribution in [0, 0.1) is 0 Å². The van der Waals surface area contributed by atoms with Crippen LogP contribution in [-0.2, 0) is 13.6 Å². The summed E-state index contributed by atoms with van der Waals surface area (Å²) >= 11 is 0. The largest absolute Gasteiger partial charge is 0.350 e. The molecule has 0 unspecified atom stereocenters. The van der Waals surface area contributed by atoms with Crippen LogP contribution in [-0.4, -0.2) is 22.4 Å². The Labute approximate surface area is 134 Å². The van der Waals surface area contributed by atoms with E-state index in [4.69, 9.17) is 0 Å². The summed E-state index contributed by atoms with van der Waals surface area (Å²) in [5, 5.41) is 0.564. The summed E-state index contributed by atoms with van der Waals surface area (Å²) in [7, 11) is 3.56. The predicted molar refractivity (Wildman–Crippen MR) is 91.4 cm³/mol. The molecule has 0 saturated heterocycles. The van der Waals surface area contributed by atoms with E-state index in [1.807, 2.05) is 60.1 Å². The maximum atomic E-state index is 12.7. The average molecular weight is 306 g/mol. The summed E-state index contributed by atoms with van der Waals surface area (Å²) in [4.78, 5) is 26.9. The van der Waals surface area contributed by atoms with E-state index in [-0.39, 0.29) is 16.9 Å². The fraction of sp³-hybridized carbons (Fsp3) is 0.158. The third kappa shape index (κ3) is 2.88. The van der Waals surface area contributed by atoms with E-state index >= 15 is 0 Å². The van der Waals surface area contributed by atoms with Gasteiger partial charge >= 0.3 is 0 Å². The van der Waals surface area contributed by atoms with E-state index in [1.165, 1.54) is 0 Å². The molecule has 0 bridgehead atoms. The third-order valence-electron chi connectivity index (χ3n) is 3.94. The van der Waals surface area contributed by atoms with Crippen LogP contribution in [0.25, 0.3) is 10.9 Å². The van der Waals surface area contributed by atoms with Crippen molar-refractivity contribution in [1.82, 2.24) is 9.47 Å². The number of aryl methyl sites for hydroxylation is 1. The second kappa shape index (κ2) is 6.08. The molecule has 0 radical (unpaired) electrons. The molecule has 0 aliphatic heterocycles. The first-order valence-corrected chi connectivity index (χ1v) is 7.45. The molecule has 0 atom stereocenters. The van der Waals surface area contributed by atoms with Gasteiger partial charge in [-0.25, -0.2) is 0 Å². The standard InChI is InChI=1S/C19H18N2O2/c1-20-13-16(18(22)15-10-6-7-11-17(15)20)19(23)21(2)12-14-8-4-3-5-9-14/h3-11,13H,12H2,1-2H3. The highest BCUT2D eigenvalue weighted by Gasteiger charge is 2.18. The number of pyridine rings is 1. The van der Waals surface area contributed by atoms with E-state index in [1.54, 1.807) is 24.2 Å². The van der Waals surface area contributed by atoms with Gasteiger partial charge < -0.3 is 9.47 Å². The maximum Gasteiger partial charge on any atom is 0.259 e. The van der Waals surface area contributed by atoms with Gasteiger partial charge in [-0.15, -0.1) is 0 Å². The first-order chi connectivity index (χ1) is 11.1. The number of aromatic nitrogens is 1. The van der Waals surface area contributed by atoms with Gasteiger partial charge in [-0.2, -0.15) is 0 Å². The van der Waals surface area contributed by atoms with E-state index in [2.05, 4.69) is 0 Å². The lowest BCUT2D eigenvalue weighted by Gasteiger charge is -2.18. The van der Waals surface area contributed by atoms with Crippen LogP contribution < -0.4 is 5.43 Å². The van der Waals surface area contributed by atoms with Gasteiger partial charge in [0.25, 0.3) is 5.91 Å². The zero-order valence-corrected chi connectivity index (χ0v) is 13.2.